The quantitative estimate of drug-likeness (QED) is 0.404. The molecule has 0 amide bonds. The fourth-order valence-corrected chi connectivity index (χ4v) is 5.09. The lowest BCUT2D eigenvalue weighted by molar-refractivity contribution is -0.0392. The summed E-state index contributed by atoms with van der Waals surface area (Å²) in [5, 5.41) is 19.8. The van der Waals surface area contributed by atoms with Crippen molar-refractivity contribution in [2.75, 3.05) is 13.3 Å². The Morgan fingerprint density at radius 2 is 1.65 bits per heavy atom. The molecule has 0 saturated heterocycles. The Morgan fingerprint density at radius 1 is 1.10 bits per heavy atom. The van der Waals surface area contributed by atoms with Crippen LogP contribution in [0.4, 0.5) is 0 Å². The minimum Gasteiger partial charge on any atom is -0.389 e. The molecule has 31 heavy (non-hydrogen) atoms. The average molecular weight is 439 g/mol. The lowest BCUT2D eigenvalue weighted by Gasteiger charge is -2.60. The molecule has 2 bridgehead atoms. The number of nitriles is 2. The van der Waals surface area contributed by atoms with Gasteiger partial charge in [-0.15, -0.1) is 0 Å². The molecule has 0 spiro atoms. The van der Waals surface area contributed by atoms with Gasteiger partial charge >= 0.3 is 0 Å². The molecule has 0 N–H and O–H groups in total. The van der Waals surface area contributed by atoms with E-state index in [-0.39, 0.29) is 12.0 Å². The molecule has 0 atom stereocenters. The predicted molar refractivity (Wildman–Crippen MR) is 117 cm³/mol. The Hall–Kier alpha value is -2.71. The van der Waals surface area contributed by atoms with Crippen LogP contribution in [0.5, 0.6) is 0 Å². The number of hydrogen-bond acceptors (Lipinski definition) is 7. The van der Waals surface area contributed by atoms with E-state index in [4.69, 9.17) is 15.4 Å². The van der Waals surface area contributed by atoms with Crippen molar-refractivity contribution in [2.24, 2.45) is 32.3 Å². The van der Waals surface area contributed by atoms with Gasteiger partial charge in [-0.25, -0.2) is 8.42 Å². The van der Waals surface area contributed by atoms with Crippen molar-refractivity contribution in [3.8, 4) is 12.1 Å². The van der Waals surface area contributed by atoms with E-state index >= 15 is 0 Å². The molecule has 1 aromatic carbocycles. The van der Waals surface area contributed by atoms with E-state index in [0.717, 1.165) is 34.3 Å². The molecule has 7 rings (SSSR count). The summed E-state index contributed by atoms with van der Waals surface area (Å²) in [7, 11) is -1.88. The zero-order chi connectivity index (χ0) is 22.3. The van der Waals surface area contributed by atoms with E-state index in [9.17, 15) is 8.42 Å². The Labute approximate surface area is 183 Å². The Kier molecular flexibility index (Phi) is 5.18. The number of oxime groups is 1. The number of aliphatic imine (C=N–C) groups is 1. The second-order valence-corrected chi connectivity index (χ2v) is 11.5. The van der Waals surface area contributed by atoms with Gasteiger partial charge in [0, 0.05) is 18.7 Å². The zero-order valence-corrected chi connectivity index (χ0v) is 18.7. The second-order valence-electron chi connectivity index (χ2n) is 9.57. The first-order valence-corrected chi connectivity index (χ1v) is 12.3. The molecule has 8 heteroatoms. The van der Waals surface area contributed by atoms with Crippen molar-refractivity contribution in [1.29, 1.82) is 10.5 Å². The van der Waals surface area contributed by atoms with Crippen LogP contribution in [-0.2, 0) is 21.3 Å². The maximum Gasteiger partial charge on any atom is 0.270 e. The van der Waals surface area contributed by atoms with E-state index in [1.807, 2.05) is 30.3 Å². The molecule has 0 aliphatic heterocycles. The summed E-state index contributed by atoms with van der Waals surface area (Å²) in [4.78, 5) is 8.78. The molecule has 0 heterocycles. The predicted octanol–water partition coefficient (Wildman–Crippen LogP) is 3.64. The monoisotopic (exact) mass is 438 g/mol. The SMILES string of the molecule is C1C23CC12C3.CN=C(C#N)C12CC(C1)C2.CS(=O)(=O)C(C#N)=NOCc1ccccc1. The largest absolute Gasteiger partial charge is 0.389 e. The Morgan fingerprint density at radius 3 is 1.94 bits per heavy atom. The van der Waals surface area contributed by atoms with E-state index in [2.05, 4.69) is 16.2 Å². The second kappa shape index (κ2) is 7.46. The summed E-state index contributed by atoms with van der Waals surface area (Å²) >= 11 is 0. The molecule has 6 aliphatic rings. The molecular formula is C23H26N4O3S. The maximum atomic E-state index is 11.0. The van der Waals surface area contributed by atoms with Gasteiger partial charge in [-0.1, -0.05) is 35.5 Å². The van der Waals surface area contributed by atoms with Gasteiger partial charge in [0.2, 0.25) is 9.84 Å². The molecular weight excluding hydrogens is 412 g/mol. The highest BCUT2D eigenvalue weighted by Gasteiger charge is 2.97. The van der Waals surface area contributed by atoms with E-state index in [1.54, 1.807) is 26.3 Å². The molecule has 6 fully saturated rings. The highest BCUT2D eigenvalue weighted by atomic mass is 32.2. The molecule has 6 aliphatic carbocycles. The van der Waals surface area contributed by atoms with E-state index < -0.39 is 14.9 Å². The summed E-state index contributed by atoms with van der Waals surface area (Å²) in [6.45, 7) is 0.127. The van der Waals surface area contributed by atoms with E-state index in [0.29, 0.717) is 0 Å². The van der Waals surface area contributed by atoms with Crippen LogP contribution in [0, 0.1) is 44.8 Å². The van der Waals surface area contributed by atoms with Crippen LogP contribution in [0.15, 0.2) is 40.5 Å². The first kappa shape index (κ1) is 21.5. The minimum absolute atomic E-state index is 0.127. The van der Waals surface area contributed by atoms with Gasteiger partial charge in [-0.3, -0.25) is 4.99 Å². The topological polar surface area (TPSA) is 116 Å². The van der Waals surface area contributed by atoms with Gasteiger partial charge in [-0.05, 0) is 60.8 Å². The number of hydrogen-bond donors (Lipinski definition) is 0. The smallest absolute Gasteiger partial charge is 0.270 e. The van der Waals surface area contributed by atoms with Crippen LogP contribution in [0.25, 0.3) is 0 Å². The molecule has 0 unspecified atom stereocenters. The summed E-state index contributed by atoms with van der Waals surface area (Å²) in [5.74, 6) is 0.935. The van der Waals surface area contributed by atoms with Gasteiger partial charge in [-0.2, -0.15) is 10.5 Å². The van der Waals surface area contributed by atoms with Crippen LogP contribution in [0.1, 0.15) is 44.1 Å². The highest BCUT2D eigenvalue weighted by Crippen LogP contribution is 3.06. The minimum atomic E-state index is -3.61. The summed E-state index contributed by atoms with van der Waals surface area (Å²) < 4.78 is 21.9. The highest BCUT2D eigenvalue weighted by molar-refractivity contribution is 8.06. The maximum absolute atomic E-state index is 11.0. The van der Waals surface area contributed by atoms with Crippen molar-refractivity contribution >= 4 is 20.6 Å². The average Bonchev–Trinajstić information content (AvgIpc) is 3.54. The summed E-state index contributed by atoms with van der Waals surface area (Å²) in [5.41, 5.74) is 4.03. The van der Waals surface area contributed by atoms with Crippen molar-refractivity contribution < 1.29 is 13.3 Å². The molecule has 1 aromatic rings. The third-order valence-electron chi connectivity index (χ3n) is 7.32. The summed E-state index contributed by atoms with van der Waals surface area (Å²) in [6, 6.07) is 12.8. The van der Waals surface area contributed by atoms with Crippen molar-refractivity contribution in [2.45, 2.75) is 45.1 Å². The number of benzene rings is 1. The van der Waals surface area contributed by atoms with Gasteiger partial charge in [0.25, 0.3) is 5.04 Å². The fraction of sp³-hybridized carbons (Fsp3) is 0.565. The van der Waals surface area contributed by atoms with Gasteiger partial charge in [0.15, 0.2) is 0 Å². The number of sulfone groups is 1. The lowest BCUT2D eigenvalue weighted by atomic mass is 9.43. The zero-order valence-electron chi connectivity index (χ0n) is 17.8. The van der Waals surface area contributed by atoms with E-state index in [1.165, 1.54) is 25.3 Å². The molecule has 7 nitrogen and oxygen atoms in total. The van der Waals surface area contributed by atoms with Crippen LogP contribution in [-0.4, -0.2) is 32.5 Å². The van der Waals surface area contributed by atoms with Crippen molar-refractivity contribution in [3.63, 3.8) is 0 Å². The number of nitrogens with zero attached hydrogens (tertiary/aromatic N) is 4. The van der Waals surface area contributed by atoms with Crippen molar-refractivity contribution in [1.82, 2.24) is 0 Å². The molecule has 0 aromatic heterocycles. The first-order valence-electron chi connectivity index (χ1n) is 10.4. The van der Waals surface area contributed by atoms with Gasteiger partial charge < -0.3 is 4.84 Å². The Balaban J connectivity index is 0.000000126. The standard InChI is InChI=1S/C10H10N2O3S.C8H10N2.C5H6/c1-16(13,14)10(7-11)12-15-8-9-5-3-2-4-6-9;1-10-7(5-9)8-2-6(3-8)4-8;1-4-2-5(1,4)3-4/h2-6H,8H2,1H3;6H,2-4H2,1H3;1-3H2. The fourth-order valence-electron chi connectivity index (χ4n) is 4.74. The Bertz CT molecular complexity index is 1080. The molecule has 6 saturated carbocycles. The van der Waals surface area contributed by atoms with Crippen molar-refractivity contribution in [3.05, 3.63) is 35.9 Å². The van der Waals surface area contributed by atoms with Crippen LogP contribution in [0.2, 0.25) is 0 Å². The van der Waals surface area contributed by atoms with Crippen LogP contribution >= 0.6 is 0 Å². The number of rotatable bonds is 4. The van der Waals surface area contributed by atoms with Gasteiger partial charge in [0.1, 0.15) is 24.5 Å². The normalized spacial score (nSPS) is 34.8. The third kappa shape index (κ3) is 4.09. The van der Waals surface area contributed by atoms with Crippen LogP contribution in [0.3, 0.4) is 0 Å². The molecule has 0 radical (unpaired) electrons. The lowest BCUT2D eigenvalue weighted by Crippen LogP contribution is -2.56. The summed E-state index contributed by atoms with van der Waals surface area (Å²) in [6.07, 6.45) is 9.47. The third-order valence-corrected chi connectivity index (χ3v) is 8.19. The first-order chi connectivity index (χ1) is 14.7. The molecule has 162 valence electrons. The van der Waals surface area contributed by atoms with Gasteiger partial charge in [0.05, 0.1) is 0 Å². The van der Waals surface area contributed by atoms with Crippen LogP contribution < -0.4 is 0 Å².